The lowest BCUT2D eigenvalue weighted by atomic mass is 9.96. The Balaban J connectivity index is 1.92. The van der Waals surface area contributed by atoms with Gasteiger partial charge in [0.05, 0.1) is 6.07 Å². The highest BCUT2D eigenvalue weighted by Gasteiger charge is 2.41. The molecule has 1 aliphatic rings. The van der Waals surface area contributed by atoms with Gasteiger partial charge in [-0.05, 0) is 85.6 Å². The molecule has 0 bridgehead atoms. The van der Waals surface area contributed by atoms with E-state index in [9.17, 15) is 38.0 Å². The number of carbonyl (C=O) groups excluding carboxylic acids is 7. The predicted octanol–water partition coefficient (Wildman–Crippen LogP) is 6.20. The molecule has 0 spiro atoms. The standard InChI is InChI=1S/C54H76F2N8O9/c1-31(2)23-40-50(68)61(10)35(9)53(71)73-46(21-16-22-57)49(67)60-42(25-33(5)6)52(70)62(11)44(26-34(7)8)47(65)59-41(24-32(3)4)51(69)63(12)45(48(66)58-40)28-37-30-64(43-20-14-13-19-39(37)43)29-36-17-15-18-38(27-36)72-54(55)56/h13-15,17-20,27,30-35,40-42,44-46,54H,16,21,23-26,28-29H2,1-12H3,(H,58,66)(H,59,65)(H,60,67)/t35-,40-,41-,42-,44-,45-,46+/m0/s1. The molecule has 0 saturated carbocycles. The predicted molar refractivity (Wildman–Crippen MR) is 272 cm³/mol. The number of nitrogens with zero attached hydrogens (tertiary/aromatic N) is 5. The van der Waals surface area contributed by atoms with Crippen LogP contribution in [0.15, 0.2) is 54.7 Å². The Hall–Kier alpha value is -6.58. The van der Waals surface area contributed by atoms with E-state index in [2.05, 4.69) is 20.7 Å². The maximum atomic E-state index is 15.1. The molecular weight excluding hydrogens is 943 g/mol. The van der Waals surface area contributed by atoms with Gasteiger partial charge < -0.3 is 44.7 Å². The average Bonchev–Trinajstić information content (AvgIpc) is 3.66. The third-order valence-corrected chi connectivity index (χ3v) is 13.0. The zero-order valence-corrected chi connectivity index (χ0v) is 44.4. The van der Waals surface area contributed by atoms with Crippen LogP contribution in [-0.4, -0.2) is 131 Å². The molecule has 17 nitrogen and oxygen atoms in total. The molecule has 2 aromatic carbocycles. The monoisotopic (exact) mass is 1020 g/mol. The van der Waals surface area contributed by atoms with Crippen LogP contribution in [0.3, 0.4) is 0 Å². The topological polar surface area (TPSA) is 212 Å². The SMILES string of the molecule is CC(C)C[C@@H]1NC(=O)[C@H](Cc2cn(Cc3cccc(OC(F)F)c3)c3ccccc23)N(C)C(=O)[C@H](CC(C)C)NC(=O)[C@H](CC(C)C)N(C)C(=O)[C@H](CC(C)C)NC(=O)[C@@H](CCC#N)OC(=O)[C@H](C)N(C)C1=O. The second kappa shape index (κ2) is 26.9. The van der Waals surface area contributed by atoms with Crippen molar-refractivity contribution in [3.8, 4) is 11.8 Å². The van der Waals surface area contributed by atoms with Crippen LogP contribution in [0, 0.1) is 35.0 Å². The van der Waals surface area contributed by atoms with Crippen molar-refractivity contribution >= 4 is 52.3 Å². The summed E-state index contributed by atoms with van der Waals surface area (Å²) in [6.07, 6.45) is 0.366. The van der Waals surface area contributed by atoms with E-state index in [-0.39, 0.29) is 80.9 Å². The van der Waals surface area contributed by atoms with Gasteiger partial charge in [-0.25, -0.2) is 4.79 Å². The highest BCUT2D eigenvalue weighted by atomic mass is 19.3. The summed E-state index contributed by atoms with van der Waals surface area (Å²) in [7, 11) is 4.28. The second-order valence-corrected chi connectivity index (χ2v) is 20.9. The van der Waals surface area contributed by atoms with Crippen LogP contribution in [0.5, 0.6) is 5.75 Å². The second-order valence-electron chi connectivity index (χ2n) is 20.9. The number of halogens is 2. The fraction of sp³-hybridized carbons (Fsp3) is 0.593. The van der Waals surface area contributed by atoms with Crippen LogP contribution in [0.25, 0.3) is 10.9 Å². The summed E-state index contributed by atoms with van der Waals surface area (Å²) in [5, 5.41) is 18.8. The van der Waals surface area contributed by atoms with E-state index in [1.807, 2.05) is 96.5 Å². The van der Waals surface area contributed by atoms with Crippen molar-refractivity contribution in [1.29, 1.82) is 5.26 Å². The molecule has 6 amide bonds. The fourth-order valence-electron chi connectivity index (χ4n) is 9.08. The summed E-state index contributed by atoms with van der Waals surface area (Å²) in [5.41, 5.74) is 2.03. The van der Waals surface area contributed by atoms with Gasteiger partial charge in [0.25, 0.3) is 5.91 Å². The molecule has 3 N–H and O–H groups in total. The largest absolute Gasteiger partial charge is 0.451 e. The molecule has 4 rings (SSSR count). The molecule has 400 valence electrons. The van der Waals surface area contributed by atoms with Crippen LogP contribution < -0.4 is 20.7 Å². The minimum absolute atomic E-state index is 0.0127. The fourth-order valence-corrected chi connectivity index (χ4v) is 9.08. The molecule has 0 aliphatic carbocycles. The number of nitriles is 1. The smallest absolute Gasteiger partial charge is 0.387 e. The minimum atomic E-state index is -3.02. The van der Waals surface area contributed by atoms with Crippen molar-refractivity contribution in [2.24, 2.45) is 23.7 Å². The van der Waals surface area contributed by atoms with Gasteiger partial charge in [0.2, 0.25) is 29.5 Å². The van der Waals surface area contributed by atoms with Crippen LogP contribution in [0.1, 0.15) is 112 Å². The van der Waals surface area contributed by atoms with Gasteiger partial charge in [-0.3, -0.25) is 28.8 Å². The molecular formula is C54H76F2N8O9. The average molecular weight is 1020 g/mol. The van der Waals surface area contributed by atoms with E-state index < -0.39 is 90.4 Å². The number of rotatable bonds is 16. The number of cyclic esters (lactones) is 1. The van der Waals surface area contributed by atoms with E-state index in [0.717, 1.165) is 15.8 Å². The number of benzene rings is 2. The van der Waals surface area contributed by atoms with Gasteiger partial charge in [-0.2, -0.15) is 14.0 Å². The number of alkyl halides is 2. The van der Waals surface area contributed by atoms with E-state index in [1.165, 1.54) is 50.0 Å². The summed E-state index contributed by atoms with van der Waals surface area (Å²) in [5.74, 6) is -5.63. The quantitative estimate of drug-likeness (QED) is 0.138. The van der Waals surface area contributed by atoms with E-state index >= 15 is 9.59 Å². The highest BCUT2D eigenvalue weighted by Crippen LogP contribution is 2.27. The summed E-state index contributed by atoms with van der Waals surface area (Å²) in [6.45, 7) is 13.6. The molecule has 1 aliphatic heterocycles. The molecule has 0 radical (unpaired) electrons. The van der Waals surface area contributed by atoms with Crippen molar-refractivity contribution in [3.05, 3.63) is 65.9 Å². The summed E-state index contributed by atoms with van der Waals surface area (Å²) < 4.78 is 38.6. The Morgan fingerprint density at radius 2 is 1.18 bits per heavy atom. The maximum absolute atomic E-state index is 15.1. The Morgan fingerprint density at radius 1 is 0.671 bits per heavy atom. The number of fused-ring (bicyclic) bond motifs is 1. The van der Waals surface area contributed by atoms with E-state index in [0.29, 0.717) is 11.1 Å². The van der Waals surface area contributed by atoms with Gasteiger partial charge in [0, 0.05) is 64.1 Å². The molecule has 3 aromatic rings. The number of likely N-dealkylation sites (N-methyl/N-ethyl adjacent to an activating group) is 3. The number of hydrogen-bond donors (Lipinski definition) is 3. The number of nitrogens with one attached hydrogen (secondary N) is 3. The number of esters is 1. The maximum Gasteiger partial charge on any atom is 0.387 e. The first-order valence-electron chi connectivity index (χ1n) is 25.2. The lowest BCUT2D eigenvalue weighted by molar-refractivity contribution is -0.163. The van der Waals surface area contributed by atoms with Gasteiger partial charge in [0.1, 0.15) is 42.0 Å². The normalized spacial score (nSPS) is 22.7. The zero-order chi connectivity index (χ0) is 54.4. The number of carbonyl (C=O) groups is 7. The van der Waals surface area contributed by atoms with Gasteiger partial charge in [-0.15, -0.1) is 0 Å². The van der Waals surface area contributed by atoms with Crippen LogP contribution >= 0.6 is 0 Å². The number of amides is 6. The highest BCUT2D eigenvalue weighted by molar-refractivity contribution is 5.98. The van der Waals surface area contributed by atoms with Crippen molar-refractivity contribution < 1.29 is 51.8 Å². The van der Waals surface area contributed by atoms with Crippen molar-refractivity contribution in [2.75, 3.05) is 21.1 Å². The van der Waals surface area contributed by atoms with Gasteiger partial charge >= 0.3 is 12.6 Å². The lowest BCUT2D eigenvalue weighted by Gasteiger charge is -2.35. The van der Waals surface area contributed by atoms with Crippen LogP contribution in [-0.2, 0) is 51.3 Å². The number of para-hydroxylation sites is 1. The van der Waals surface area contributed by atoms with Gasteiger partial charge in [0.15, 0.2) is 6.10 Å². The van der Waals surface area contributed by atoms with Gasteiger partial charge in [-0.1, -0.05) is 85.7 Å². The summed E-state index contributed by atoms with van der Waals surface area (Å²) in [4.78, 5) is 106. The van der Waals surface area contributed by atoms with E-state index in [4.69, 9.17) is 4.74 Å². The summed E-state index contributed by atoms with van der Waals surface area (Å²) >= 11 is 0. The molecule has 1 saturated heterocycles. The third kappa shape index (κ3) is 16.5. The number of ether oxygens (including phenoxy) is 2. The Morgan fingerprint density at radius 3 is 1.71 bits per heavy atom. The lowest BCUT2D eigenvalue weighted by Crippen LogP contribution is -2.60. The van der Waals surface area contributed by atoms with Crippen molar-refractivity contribution in [3.63, 3.8) is 0 Å². The molecule has 7 atom stereocenters. The zero-order valence-electron chi connectivity index (χ0n) is 44.4. The molecule has 19 heteroatoms. The first kappa shape index (κ1) is 59.0. The Kier molecular flexibility index (Phi) is 21.8. The van der Waals surface area contributed by atoms with E-state index in [1.54, 1.807) is 12.1 Å². The first-order chi connectivity index (χ1) is 34.3. The Labute approximate surface area is 428 Å². The third-order valence-electron chi connectivity index (χ3n) is 13.0. The molecule has 2 heterocycles. The number of hydrogen-bond acceptors (Lipinski definition) is 10. The van der Waals surface area contributed by atoms with Crippen LogP contribution in [0.2, 0.25) is 0 Å². The summed E-state index contributed by atoms with van der Waals surface area (Å²) in [6, 6.07) is 8.31. The van der Waals surface area contributed by atoms with Crippen molar-refractivity contribution in [1.82, 2.24) is 35.2 Å². The Bertz CT molecular complexity index is 2450. The minimum Gasteiger partial charge on any atom is -0.451 e. The molecule has 0 unspecified atom stereocenters. The molecule has 1 fully saturated rings. The van der Waals surface area contributed by atoms with Crippen molar-refractivity contribution in [2.45, 2.75) is 163 Å². The van der Waals surface area contributed by atoms with Crippen LogP contribution in [0.4, 0.5) is 8.78 Å². The number of aromatic nitrogens is 1. The molecule has 73 heavy (non-hydrogen) atoms. The first-order valence-corrected chi connectivity index (χ1v) is 25.2. The molecule has 1 aromatic heterocycles.